The molecule has 6 rings (SSSR count). The molecule has 2 aliphatic rings. The number of nitrogens with one attached hydrogen (secondary N) is 1. The number of carbonyl (C=O) groups excluding carboxylic acids is 1. The number of benzene rings is 2. The van der Waals surface area contributed by atoms with E-state index in [4.69, 9.17) is 4.52 Å². The van der Waals surface area contributed by atoms with Gasteiger partial charge in [-0.2, -0.15) is 0 Å². The van der Waals surface area contributed by atoms with Crippen LogP contribution in [-0.4, -0.2) is 33.0 Å². The standard InChI is InChI=1S/C27H29N3O3S/c1-15-24(16(2)33-29-15)19-11-20-25-22(5-4-6-23(25)34(3)32)30(14-18-9-10-18)26(20)21(12-19)27(31)28-13-17-7-8-17/h4-6,11-12,17-18H,7-10,13-14H2,1-3H3,(H,28,31). The lowest BCUT2D eigenvalue weighted by Gasteiger charge is -2.13. The van der Waals surface area contributed by atoms with E-state index in [0.29, 0.717) is 23.9 Å². The fraction of sp³-hybridized carbons (Fsp3) is 0.407. The van der Waals surface area contributed by atoms with Crippen LogP contribution in [0.2, 0.25) is 0 Å². The Kier molecular flexibility index (Phi) is 5.22. The minimum Gasteiger partial charge on any atom is -0.612 e. The molecular weight excluding hydrogens is 446 g/mol. The average Bonchev–Trinajstić information content (AvgIpc) is 3.74. The maximum Gasteiger partial charge on any atom is 0.253 e. The van der Waals surface area contributed by atoms with E-state index in [1.165, 1.54) is 25.7 Å². The van der Waals surface area contributed by atoms with Gasteiger partial charge in [-0.3, -0.25) is 4.79 Å². The zero-order valence-electron chi connectivity index (χ0n) is 19.8. The van der Waals surface area contributed by atoms with Crippen LogP contribution in [0.4, 0.5) is 0 Å². The van der Waals surface area contributed by atoms with Gasteiger partial charge < -0.3 is 19.0 Å². The minimum atomic E-state index is -1.16. The number of fused-ring (bicyclic) bond motifs is 3. The SMILES string of the molecule is Cc1noc(C)c1-c1cc(C(=O)NCC2CC2)c2c(c1)c1c([S+](C)[O-])cccc1n2CC1CC1. The molecule has 2 saturated carbocycles. The molecule has 176 valence electrons. The average molecular weight is 476 g/mol. The molecule has 0 radical (unpaired) electrons. The van der Waals surface area contributed by atoms with Gasteiger partial charge in [0.2, 0.25) is 0 Å². The zero-order valence-corrected chi connectivity index (χ0v) is 20.6. The first-order valence-corrected chi connectivity index (χ1v) is 13.6. The van der Waals surface area contributed by atoms with E-state index in [0.717, 1.165) is 55.8 Å². The van der Waals surface area contributed by atoms with Crippen LogP contribution in [0.5, 0.6) is 0 Å². The lowest BCUT2D eigenvalue weighted by molar-refractivity contribution is 0.0953. The molecular formula is C27H29N3O3S. The van der Waals surface area contributed by atoms with E-state index >= 15 is 0 Å². The van der Waals surface area contributed by atoms with E-state index in [9.17, 15) is 9.35 Å². The van der Waals surface area contributed by atoms with Gasteiger partial charge in [-0.25, -0.2) is 0 Å². The third-order valence-corrected chi connectivity index (χ3v) is 8.17. The molecule has 1 atom stereocenters. The molecule has 2 aliphatic carbocycles. The number of aryl methyl sites for hydroxylation is 2. The number of nitrogens with zero attached hydrogens (tertiary/aromatic N) is 2. The highest BCUT2D eigenvalue weighted by Crippen LogP contribution is 2.42. The van der Waals surface area contributed by atoms with Crippen molar-refractivity contribution in [2.24, 2.45) is 11.8 Å². The molecule has 1 amide bonds. The van der Waals surface area contributed by atoms with Crippen LogP contribution in [0.3, 0.4) is 0 Å². The zero-order chi connectivity index (χ0) is 23.6. The molecule has 2 aromatic heterocycles. The number of rotatable bonds is 7. The largest absolute Gasteiger partial charge is 0.612 e. The second-order valence-corrected chi connectivity index (χ2v) is 11.3. The van der Waals surface area contributed by atoms with E-state index in [-0.39, 0.29) is 5.91 Å². The van der Waals surface area contributed by atoms with Gasteiger partial charge in [0.15, 0.2) is 4.90 Å². The van der Waals surface area contributed by atoms with Crippen molar-refractivity contribution < 1.29 is 13.9 Å². The lowest BCUT2D eigenvalue weighted by Crippen LogP contribution is -2.26. The summed E-state index contributed by atoms with van der Waals surface area (Å²) in [4.78, 5) is 14.4. The molecule has 4 aromatic rings. The third kappa shape index (κ3) is 3.71. The molecule has 2 aromatic carbocycles. The van der Waals surface area contributed by atoms with Gasteiger partial charge in [-0.05, 0) is 92.4 Å². The number of carbonyl (C=O) groups is 1. The third-order valence-electron chi connectivity index (χ3n) is 7.21. The van der Waals surface area contributed by atoms with Gasteiger partial charge in [0.25, 0.3) is 5.91 Å². The summed E-state index contributed by atoms with van der Waals surface area (Å²) in [6.07, 6.45) is 6.51. The topological polar surface area (TPSA) is 83.1 Å². The molecule has 0 saturated heterocycles. The minimum absolute atomic E-state index is 0.0514. The predicted octanol–water partition coefficient (Wildman–Crippen LogP) is 5.35. The molecule has 1 unspecified atom stereocenters. The first-order valence-electron chi connectivity index (χ1n) is 12.1. The van der Waals surface area contributed by atoms with E-state index in [1.807, 2.05) is 32.0 Å². The van der Waals surface area contributed by atoms with E-state index in [2.05, 4.69) is 27.2 Å². The van der Waals surface area contributed by atoms with Crippen LogP contribution in [0.25, 0.3) is 32.9 Å². The summed E-state index contributed by atoms with van der Waals surface area (Å²) in [6, 6.07) is 10.1. The van der Waals surface area contributed by atoms with E-state index < -0.39 is 11.2 Å². The second kappa shape index (κ2) is 8.17. The maximum absolute atomic E-state index is 13.6. The van der Waals surface area contributed by atoms with Crippen LogP contribution in [0, 0.1) is 25.7 Å². The number of hydrogen-bond donors (Lipinski definition) is 1. The Hall–Kier alpha value is -2.77. The first-order chi connectivity index (χ1) is 16.4. The molecule has 34 heavy (non-hydrogen) atoms. The smallest absolute Gasteiger partial charge is 0.253 e. The Balaban J connectivity index is 1.67. The van der Waals surface area contributed by atoms with Crippen LogP contribution in [0.15, 0.2) is 39.8 Å². The highest BCUT2D eigenvalue weighted by molar-refractivity contribution is 7.91. The highest BCUT2D eigenvalue weighted by Gasteiger charge is 2.29. The van der Waals surface area contributed by atoms with Crippen molar-refractivity contribution in [3.05, 3.63) is 47.3 Å². The van der Waals surface area contributed by atoms with Crippen molar-refractivity contribution in [3.8, 4) is 11.1 Å². The fourth-order valence-electron chi connectivity index (χ4n) is 5.11. The van der Waals surface area contributed by atoms with Crippen molar-refractivity contribution in [1.82, 2.24) is 15.0 Å². The summed E-state index contributed by atoms with van der Waals surface area (Å²) in [5, 5.41) is 9.27. The van der Waals surface area contributed by atoms with E-state index in [1.54, 1.807) is 6.26 Å². The van der Waals surface area contributed by atoms with Crippen molar-refractivity contribution in [2.45, 2.75) is 51.0 Å². The predicted molar refractivity (Wildman–Crippen MR) is 135 cm³/mol. The number of hydrogen-bond acceptors (Lipinski definition) is 4. The molecule has 7 heteroatoms. The summed E-state index contributed by atoms with van der Waals surface area (Å²) in [5.41, 5.74) is 5.25. The molecule has 0 bridgehead atoms. The maximum atomic E-state index is 13.6. The van der Waals surface area contributed by atoms with Crippen molar-refractivity contribution in [1.29, 1.82) is 0 Å². The van der Waals surface area contributed by atoms with Crippen LogP contribution in [-0.2, 0) is 17.7 Å². The van der Waals surface area contributed by atoms with Crippen LogP contribution >= 0.6 is 0 Å². The Bertz CT molecular complexity index is 1410. The van der Waals surface area contributed by atoms with Crippen molar-refractivity contribution in [2.75, 3.05) is 12.8 Å². The van der Waals surface area contributed by atoms with Crippen LogP contribution < -0.4 is 5.32 Å². The van der Waals surface area contributed by atoms with Gasteiger partial charge in [0, 0.05) is 24.0 Å². The Morgan fingerprint density at radius 2 is 1.97 bits per heavy atom. The Morgan fingerprint density at radius 1 is 1.21 bits per heavy atom. The molecule has 0 spiro atoms. The number of amides is 1. The highest BCUT2D eigenvalue weighted by atomic mass is 32.2. The Morgan fingerprint density at radius 3 is 2.62 bits per heavy atom. The van der Waals surface area contributed by atoms with Gasteiger partial charge >= 0.3 is 0 Å². The van der Waals surface area contributed by atoms with Gasteiger partial charge in [-0.1, -0.05) is 11.2 Å². The second-order valence-electron chi connectivity index (χ2n) is 9.93. The summed E-state index contributed by atoms with van der Waals surface area (Å²) < 4.78 is 20.5. The van der Waals surface area contributed by atoms with Crippen molar-refractivity contribution >= 4 is 38.9 Å². The number of aromatic nitrogens is 2. The quantitative estimate of drug-likeness (QED) is 0.365. The Labute approximate surface area is 201 Å². The summed E-state index contributed by atoms with van der Waals surface area (Å²) in [7, 11) is 0. The summed E-state index contributed by atoms with van der Waals surface area (Å²) >= 11 is -1.16. The lowest BCUT2D eigenvalue weighted by atomic mass is 9.97. The molecule has 2 heterocycles. The summed E-state index contributed by atoms with van der Waals surface area (Å²) in [6.45, 7) is 5.40. The molecule has 1 N–H and O–H groups in total. The van der Waals surface area contributed by atoms with Gasteiger partial charge in [0.1, 0.15) is 12.0 Å². The fourth-order valence-corrected chi connectivity index (χ4v) is 5.88. The van der Waals surface area contributed by atoms with Gasteiger partial charge in [0.05, 0.1) is 27.7 Å². The van der Waals surface area contributed by atoms with Crippen LogP contribution in [0.1, 0.15) is 47.5 Å². The first kappa shape index (κ1) is 21.7. The monoisotopic (exact) mass is 475 g/mol. The molecule has 2 fully saturated rings. The normalized spacial score (nSPS) is 16.9. The van der Waals surface area contributed by atoms with Gasteiger partial charge in [-0.15, -0.1) is 0 Å². The molecule has 0 aliphatic heterocycles. The summed E-state index contributed by atoms with van der Waals surface area (Å²) in [5.74, 6) is 1.89. The molecule has 6 nitrogen and oxygen atoms in total. The van der Waals surface area contributed by atoms with Crippen molar-refractivity contribution in [3.63, 3.8) is 0 Å².